The Balaban J connectivity index is 2.03. The summed E-state index contributed by atoms with van der Waals surface area (Å²) in [5, 5.41) is 9.50. The maximum absolute atomic E-state index is 14.1. The van der Waals surface area contributed by atoms with E-state index in [0.29, 0.717) is 29.2 Å². The second kappa shape index (κ2) is 13.8. The number of amides is 3. The highest BCUT2D eigenvalue weighted by atomic mass is 16.5. The van der Waals surface area contributed by atoms with Gasteiger partial charge in [-0.25, -0.2) is 0 Å². The quantitative estimate of drug-likeness (QED) is 0.296. The van der Waals surface area contributed by atoms with Gasteiger partial charge in [-0.1, -0.05) is 54.0 Å². The monoisotopic (exact) mass is 564 g/mol. The molecule has 0 aliphatic rings. The molecule has 2 aromatic carbocycles. The van der Waals surface area contributed by atoms with E-state index in [9.17, 15) is 14.4 Å². The van der Waals surface area contributed by atoms with E-state index in [4.69, 9.17) is 14.0 Å². The number of rotatable bonds is 13. The van der Waals surface area contributed by atoms with Crippen LogP contribution in [0.15, 0.2) is 53.1 Å². The molecule has 10 heteroatoms. The largest absolute Gasteiger partial charge is 0.493 e. The summed E-state index contributed by atoms with van der Waals surface area (Å²) in [5.74, 6) is 0.470. The Labute approximate surface area is 241 Å². The Morgan fingerprint density at radius 3 is 2.32 bits per heavy atom. The molecule has 0 aliphatic carbocycles. The number of nitrogens with one attached hydrogen (secondary N) is 2. The molecule has 2 N–H and O–H groups in total. The molecule has 0 bridgehead atoms. The van der Waals surface area contributed by atoms with E-state index in [-0.39, 0.29) is 37.0 Å². The first kappa shape index (κ1) is 31.2. The molecular weight excluding hydrogens is 524 g/mol. The van der Waals surface area contributed by atoms with Crippen LogP contribution in [0.2, 0.25) is 0 Å². The molecule has 0 aliphatic heterocycles. The molecule has 1 heterocycles. The van der Waals surface area contributed by atoms with Crippen LogP contribution in [0.1, 0.15) is 68.5 Å². The van der Waals surface area contributed by atoms with E-state index in [2.05, 4.69) is 15.8 Å². The molecule has 1 aromatic heterocycles. The number of nitrogens with zero attached hydrogens (tertiary/aromatic N) is 2. The molecule has 1 atom stereocenters. The average molecular weight is 565 g/mol. The van der Waals surface area contributed by atoms with Crippen molar-refractivity contribution in [2.24, 2.45) is 0 Å². The van der Waals surface area contributed by atoms with E-state index < -0.39 is 17.5 Å². The normalized spacial score (nSPS) is 11.9. The van der Waals surface area contributed by atoms with Crippen LogP contribution in [-0.4, -0.2) is 47.5 Å². The van der Waals surface area contributed by atoms with Gasteiger partial charge in [0.2, 0.25) is 17.7 Å². The number of carbonyl (C=O) groups excluding carboxylic acids is 3. The van der Waals surface area contributed by atoms with Crippen molar-refractivity contribution in [1.29, 1.82) is 0 Å². The molecule has 10 nitrogen and oxygen atoms in total. The Kier molecular flexibility index (Phi) is 10.5. The van der Waals surface area contributed by atoms with Crippen molar-refractivity contribution in [2.75, 3.05) is 19.5 Å². The Bertz CT molecular complexity index is 1350. The highest BCUT2D eigenvalue weighted by Crippen LogP contribution is 2.38. The van der Waals surface area contributed by atoms with Gasteiger partial charge < -0.3 is 29.5 Å². The third-order valence-electron chi connectivity index (χ3n) is 6.89. The van der Waals surface area contributed by atoms with Crippen molar-refractivity contribution < 1.29 is 28.4 Å². The van der Waals surface area contributed by atoms with Gasteiger partial charge in [0.1, 0.15) is 11.8 Å². The van der Waals surface area contributed by atoms with Crippen LogP contribution in [-0.2, 0) is 20.9 Å². The number of hydrogen-bond donors (Lipinski definition) is 2. The van der Waals surface area contributed by atoms with Gasteiger partial charge in [-0.2, -0.15) is 0 Å². The minimum atomic E-state index is -1.07. The second-order valence-electron chi connectivity index (χ2n) is 10.6. The van der Waals surface area contributed by atoms with Crippen LogP contribution in [0.25, 0.3) is 0 Å². The lowest BCUT2D eigenvalue weighted by Crippen LogP contribution is -2.50. The van der Waals surface area contributed by atoms with Crippen LogP contribution in [0.3, 0.4) is 0 Å². The van der Waals surface area contributed by atoms with Crippen LogP contribution in [0, 0.1) is 13.8 Å². The minimum absolute atomic E-state index is 0.112. The summed E-state index contributed by atoms with van der Waals surface area (Å²) < 4.78 is 16.2. The molecule has 3 aromatic rings. The molecule has 0 spiro atoms. The first-order valence-electron chi connectivity index (χ1n) is 13.6. The van der Waals surface area contributed by atoms with Crippen LogP contribution >= 0.6 is 0 Å². The molecule has 1 unspecified atom stereocenters. The van der Waals surface area contributed by atoms with Crippen molar-refractivity contribution in [3.8, 4) is 11.5 Å². The lowest BCUT2D eigenvalue weighted by Gasteiger charge is -2.35. The van der Waals surface area contributed by atoms with E-state index >= 15 is 0 Å². The summed E-state index contributed by atoms with van der Waals surface area (Å²) >= 11 is 0. The average Bonchev–Trinajstić information content (AvgIpc) is 3.35. The fourth-order valence-electron chi connectivity index (χ4n) is 4.28. The topological polar surface area (TPSA) is 123 Å². The van der Waals surface area contributed by atoms with Crippen LogP contribution in [0.4, 0.5) is 5.82 Å². The standard InChI is InChI=1S/C31H40N4O6/c1-8-31(4,5)33-30(38)28(23-10-9-11-24(39-6)29(23)40-7)35(19-22-14-12-20(2)13-15-22)27(37)17-16-26(36)32-25-18-21(3)41-34-25/h9-15,18,28H,8,16-17,19H2,1-7H3,(H,33,38)(H,32,34,36). The number of methoxy groups -OCH3 is 2. The number of para-hydroxylation sites is 1. The summed E-state index contributed by atoms with van der Waals surface area (Å²) in [4.78, 5) is 42.1. The van der Waals surface area contributed by atoms with Crippen molar-refractivity contribution in [1.82, 2.24) is 15.4 Å². The van der Waals surface area contributed by atoms with Crippen molar-refractivity contribution in [2.45, 2.75) is 72.0 Å². The Hall–Kier alpha value is -4.34. The Morgan fingerprint density at radius 2 is 1.73 bits per heavy atom. The second-order valence-corrected chi connectivity index (χ2v) is 10.6. The van der Waals surface area contributed by atoms with Gasteiger partial charge in [0.05, 0.1) is 14.2 Å². The van der Waals surface area contributed by atoms with Gasteiger partial charge >= 0.3 is 0 Å². The number of anilines is 1. The van der Waals surface area contributed by atoms with E-state index in [1.807, 2.05) is 52.0 Å². The molecule has 41 heavy (non-hydrogen) atoms. The zero-order chi connectivity index (χ0) is 30.2. The SMILES string of the molecule is CCC(C)(C)NC(=O)C(c1cccc(OC)c1OC)N(Cc1ccc(C)cc1)C(=O)CCC(=O)Nc1cc(C)on1. The lowest BCUT2D eigenvalue weighted by atomic mass is 9.97. The smallest absolute Gasteiger partial charge is 0.248 e. The predicted octanol–water partition coefficient (Wildman–Crippen LogP) is 5.10. The first-order valence-corrected chi connectivity index (χ1v) is 13.6. The number of ether oxygens (including phenoxy) is 2. The number of carbonyl (C=O) groups is 3. The molecule has 0 fully saturated rings. The molecule has 0 radical (unpaired) electrons. The van der Waals surface area contributed by atoms with Crippen molar-refractivity contribution in [3.05, 3.63) is 71.0 Å². The van der Waals surface area contributed by atoms with Crippen LogP contribution < -0.4 is 20.1 Å². The summed E-state index contributed by atoms with van der Waals surface area (Å²) in [6, 6.07) is 13.5. The van der Waals surface area contributed by atoms with E-state index in [1.54, 1.807) is 31.2 Å². The fourth-order valence-corrected chi connectivity index (χ4v) is 4.28. The third-order valence-corrected chi connectivity index (χ3v) is 6.89. The van der Waals surface area contributed by atoms with Gasteiger partial charge in [-0.05, 0) is 45.7 Å². The molecule has 3 amide bonds. The number of hydrogen-bond acceptors (Lipinski definition) is 7. The van der Waals surface area contributed by atoms with Gasteiger partial charge in [0.25, 0.3) is 0 Å². The van der Waals surface area contributed by atoms with Gasteiger partial charge in [0.15, 0.2) is 17.3 Å². The first-order chi connectivity index (χ1) is 19.5. The number of aromatic nitrogens is 1. The van der Waals surface area contributed by atoms with E-state index in [0.717, 1.165) is 11.1 Å². The third kappa shape index (κ3) is 8.33. The molecule has 0 saturated heterocycles. The molecular formula is C31H40N4O6. The summed E-state index contributed by atoms with van der Waals surface area (Å²) in [5.41, 5.74) is 1.84. The molecule has 3 rings (SSSR count). The fraction of sp³-hybridized carbons (Fsp3) is 0.419. The zero-order valence-corrected chi connectivity index (χ0v) is 24.9. The number of aryl methyl sites for hydroxylation is 2. The lowest BCUT2D eigenvalue weighted by molar-refractivity contribution is -0.143. The Morgan fingerprint density at radius 1 is 1.02 bits per heavy atom. The van der Waals surface area contributed by atoms with E-state index in [1.165, 1.54) is 19.1 Å². The summed E-state index contributed by atoms with van der Waals surface area (Å²) in [7, 11) is 3.01. The highest BCUT2D eigenvalue weighted by Gasteiger charge is 2.36. The maximum atomic E-state index is 14.1. The van der Waals surface area contributed by atoms with Gasteiger partial charge in [-0.15, -0.1) is 0 Å². The van der Waals surface area contributed by atoms with Crippen molar-refractivity contribution in [3.63, 3.8) is 0 Å². The zero-order valence-electron chi connectivity index (χ0n) is 24.9. The predicted molar refractivity (Wildman–Crippen MR) is 156 cm³/mol. The number of benzene rings is 2. The summed E-state index contributed by atoms with van der Waals surface area (Å²) in [6.45, 7) is 9.65. The highest BCUT2D eigenvalue weighted by molar-refractivity contribution is 5.94. The van der Waals surface area contributed by atoms with Gasteiger partial charge in [-0.3, -0.25) is 14.4 Å². The van der Waals surface area contributed by atoms with Gasteiger partial charge in [0, 0.05) is 36.6 Å². The molecule has 220 valence electrons. The molecule has 0 saturated carbocycles. The van der Waals surface area contributed by atoms with Crippen molar-refractivity contribution >= 4 is 23.5 Å². The minimum Gasteiger partial charge on any atom is -0.493 e. The van der Waals surface area contributed by atoms with Crippen LogP contribution in [0.5, 0.6) is 11.5 Å². The maximum Gasteiger partial charge on any atom is 0.248 e. The summed E-state index contributed by atoms with van der Waals surface area (Å²) in [6.07, 6.45) is 0.426.